The number of aryl methyl sites for hydroxylation is 1. The van der Waals surface area contributed by atoms with Crippen molar-refractivity contribution in [1.29, 1.82) is 0 Å². The molecule has 1 N–H and O–H groups in total. The first-order chi connectivity index (χ1) is 10.6. The molecule has 1 amide bonds. The van der Waals surface area contributed by atoms with Crippen LogP contribution in [-0.2, 0) is 17.9 Å². The van der Waals surface area contributed by atoms with Crippen LogP contribution in [0.4, 0.5) is 0 Å². The minimum Gasteiger partial charge on any atom is -0.352 e. The minimum absolute atomic E-state index is 0.0190. The fraction of sp³-hybridized carbons (Fsp3) is 0.312. The van der Waals surface area contributed by atoms with E-state index in [0.29, 0.717) is 24.0 Å². The summed E-state index contributed by atoms with van der Waals surface area (Å²) < 4.78 is 1.57. The number of hydrogen-bond acceptors (Lipinski definition) is 4. The van der Waals surface area contributed by atoms with Crippen LogP contribution in [0.3, 0.4) is 0 Å². The Labute approximate surface area is 132 Å². The molecule has 114 valence electrons. The lowest BCUT2D eigenvalue weighted by Crippen LogP contribution is -2.39. The number of rotatable bonds is 3. The lowest BCUT2D eigenvalue weighted by atomic mass is 10.1. The van der Waals surface area contributed by atoms with Crippen molar-refractivity contribution >= 4 is 17.7 Å². The predicted molar refractivity (Wildman–Crippen MR) is 85.7 cm³/mol. The molecule has 2 heterocycles. The van der Waals surface area contributed by atoms with E-state index in [1.54, 1.807) is 4.57 Å². The van der Waals surface area contributed by atoms with Crippen molar-refractivity contribution in [3.05, 3.63) is 58.0 Å². The van der Waals surface area contributed by atoms with Crippen molar-refractivity contribution in [3.63, 3.8) is 0 Å². The molecule has 1 aromatic carbocycles. The molecule has 3 rings (SSSR count). The Kier molecular flexibility index (Phi) is 4.29. The molecule has 2 aromatic rings. The number of benzene rings is 1. The smallest absolute Gasteiger partial charge is 0.254 e. The highest BCUT2D eigenvalue weighted by molar-refractivity contribution is 7.99. The highest BCUT2D eigenvalue weighted by Gasteiger charge is 2.26. The van der Waals surface area contributed by atoms with E-state index >= 15 is 0 Å². The van der Waals surface area contributed by atoms with Gasteiger partial charge in [0.1, 0.15) is 0 Å². The average Bonchev–Trinajstić information content (AvgIpc) is 2.54. The van der Waals surface area contributed by atoms with E-state index in [0.717, 1.165) is 5.56 Å². The van der Waals surface area contributed by atoms with Crippen molar-refractivity contribution in [2.24, 2.45) is 5.92 Å². The zero-order valence-corrected chi connectivity index (χ0v) is 13.1. The summed E-state index contributed by atoms with van der Waals surface area (Å²) >= 11 is 1.45. The van der Waals surface area contributed by atoms with Gasteiger partial charge in [0.25, 0.3) is 5.56 Å². The monoisotopic (exact) mass is 315 g/mol. The Bertz CT molecular complexity index is 740. The van der Waals surface area contributed by atoms with Crippen LogP contribution in [0.5, 0.6) is 0 Å². The van der Waals surface area contributed by atoms with E-state index in [1.807, 2.05) is 31.2 Å². The van der Waals surface area contributed by atoms with Crippen molar-refractivity contribution in [2.75, 3.05) is 5.75 Å². The van der Waals surface area contributed by atoms with Gasteiger partial charge in [-0.2, -0.15) is 0 Å². The number of thioether (sulfide) groups is 1. The number of carbonyl (C=O) groups excluding carboxylic acids is 1. The van der Waals surface area contributed by atoms with Crippen LogP contribution in [0.15, 0.2) is 46.5 Å². The van der Waals surface area contributed by atoms with Crippen molar-refractivity contribution < 1.29 is 4.79 Å². The van der Waals surface area contributed by atoms with Gasteiger partial charge in [-0.3, -0.25) is 14.2 Å². The molecule has 0 saturated carbocycles. The minimum atomic E-state index is -0.204. The van der Waals surface area contributed by atoms with E-state index in [1.165, 1.54) is 29.6 Å². The van der Waals surface area contributed by atoms with E-state index in [9.17, 15) is 9.59 Å². The van der Waals surface area contributed by atoms with Crippen molar-refractivity contribution in [2.45, 2.75) is 25.2 Å². The molecular weight excluding hydrogens is 298 g/mol. The summed E-state index contributed by atoms with van der Waals surface area (Å²) in [6, 6.07) is 9.50. The number of aromatic nitrogens is 2. The van der Waals surface area contributed by atoms with Crippen LogP contribution in [0.25, 0.3) is 0 Å². The Hall–Kier alpha value is -2.08. The summed E-state index contributed by atoms with van der Waals surface area (Å²) in [6.07, 6.45) is 1.51. The number of nitrogens with zero attached hydrogens (tertiary/aromatic N) is 2. The zero-order chi connectivity index (χ0) is 15.5. The van der Waals surface area contributed by atoms with Crippen LogP contribution < -0.4 is 10.9 Å². The highest BCUT2D eigenvalue weighted by atomic mass is 32.2. The molecule has 0 aliphatic carbocycles. The number of fused-ring (bicyclic) bond motifs is 1. The van der Waals surface area contributed by atoms with Crippen LogP contribution in [0.2, 0.25) is 0 Å². The first kappa shape index (κ1) is 14.8. The summed E-state index contributed by atoms with van der Waals surface area (Å²) in [5, 5.41) is 3.64. The quantitative estimate of drug-likeness (QED) is 0.874. The molecule has 0 saturated heterocycles. The molecule has 5 nitrogen and oxygen atoms in total. The Morgan fingerprint density at radius 2 is 2.14 bits per heavy atom. The average molecular weight is 315 g/mol. The van der Waals surface area contributed by atoms with Crippen molar-refractivity contribution in [1.82, 2.24) is 14.9 Å². The fourth-order valence-electron chi connectivity index (χ4n) is 2.35. The summed E-state index contributed by atoms with van der Waals surface area (Å²) in [6.45, 7) is 2.94. The normalized spacial score (nSPS) is 16.9. The van der Waals surface area contributed by atoms with Gasteiger partial charge in [0.2, 0.25) is 5.91 Å². The largest absolute Gasteiger partial charge is 0.352 e. The molecule has 1 aliphatic heterocycles. The maximum Gasteiger partial charge on any atom is 0.254 e. The van der Waals surface area contributed by atoms with Gasteiger partial charge < -0.3 is 5.32 Å². The van der Waals surface area contributed by atoms with Gasteiger partial charge in [0, 0.05) is 31.1 Å². The maximum atomic E-state index is 12.3. The lowest BCUT2D eigenvalue weighted by molar-refractivity contribution is -0.125. The summed E-state index contributed by atoms with van der Waals surface area (Å²) in [4.78, 5) is 28.3. The molecule has 1 aromatic heterocycles. The molecule has 0 spiro atoms. The first-order valence-electron chi connectivity index (χ1n) is 7.15. The SMILES string of the molecule is Cc1ccc(CNC(=O)C2CSc3nccc(=O)n3C2)cc1. The van der Waals surface area contributed by atoms with Gasteiger partial charge in [-0.1, -0.05) is 41.6 Å². The molecule has 22 heavy (non-hydrogen) atoms. The van der Waals surface area contributed by atoms with Gasteiger partial charge in [-0.05, 0) is 12.5 Å². The third kappa shape index (κ3) is 3.22. The summed E-state index contributed by atoms with van der Waals surface area (Å²) in [5.74, 6) is 0.426. The molecule has 1 unspecified atom stereocenters. The summed E-state index contributed by atoms with van der Waals surface area (Å²) in [7, 11) is 0. The lowest BCUT2D eigenvalue weighted by Gasteiger charge is -2.23. The molecule has 0 bridgehead atoms. The molecule has 0 radical (unpaired) electrons. The topological polar surface area (TPSA) is 64.0 Å². The standard InChI is InChI=1S/C16H17N3O2S/c1-11-2-4-12(5-3-11)8-18-15(21)13-9-19-14(20)6-7-17-16(19)22-10-13/h2-7,13H,8-10H2,1H3,(H,18,21). The Balaban J connectivity index is 1.63. The Morgan fingerprint density at radius 3 is 2.91 bits per heavy atom. The van der Waals surface area contributed by atoms with Gasteiger partial charge in [0.15, 0.2) is 5.16 Å². The van der Waals surface area contributed by atoms with E-state index in [4.69, 9.17) is 0 Å². The van der Waals surface area contributed by atoms with E-state index in [2.05, 4.69) is 10.3 Å². The third-order valence-electron chi connectivity index (χ3n) is 3.67. The van der Waals surface area contributed by atoms with E-state index < -0.39 is 0 Å². The first-order valence-corrected chi connectivity index (χ1v) is 8.14. The molecule has 6 heteroatoms. The maximum absolute atomic E-state index is 12.3. The second-order valence-electron chi connectivity index (χ2n) is 5.39. The number of amides is 1. The molecular formula is C16H17N3O2S. The Morgan fingerprint density at radius 1 is 1.36 bits per heavy atom. The zero-order valence-electron chi connectivity index (χ0n) is 12.3. The molecule has 1 atom stereocenters. The number of nitrogens with one attached hydrogen (secondary N) is 1. The van der Waals surface area contributed by atoms with Crippen LogP contribution in [0.1, 0.15) is 11.1 Å². The second kappa shape index (κ2) is 6.36. The fourth-order valence-corrected chi connectivity index (χ4v) is 3.41. The highest BCUT2D eigenvalue weighted by Crippen LogP contribution is 2.24. The predicted octanol–water partition coefficient (Wildman–Crippen LogP) is 1.59. The van der Waals surface area contributed by atoms with Gasteiger partial charge in [0.05, 0.1) is 5.92 Å². The number of carbonyl (C=O) groups is 1. The molecule has 0 fully saturated rings. The van der Waals surface area contributed by atoms with E-state index in [-0.39, 0.29) is 17.4 Å². The third-order valence-corrected chi connectivity index (χ3v) is 4.83. The van der Waals surface area contributed by atoms with Crippen LogP contribution in [-0.4, -0.2) is 21.2 Å². The van der Waals surface area contributed by atoms with Gasteiger partial charge >= 0.3 is 0 Å². The van der Waals surface area contributed by atoms with Crippen LogP contribution >= 0.6 is 11.8 Å². The van der Waals surface area contributed by atoms with Gasteiger partial charge in [-0.25, -0.2) is 4.98 Å². The van der Waals surface area contributed by atoms with Crippen molar-refractivity contribution in [3.8, 4) is 0 Å². The van der Waals surface area contributed by atoms with Crippen LogP contribution in [0, 0.1) is 12.8 Å². The number of hydrogen-bond donors (Lipinski definition) is 1. The second-order valence-corrected chi connectivity index (χ2v) is 6.37. The van der Waals surface area contributed by atoms with Gasteiger partial charge in [-0.15, -0.1) is 0 Å². The summed E-state index contributed by atoms with van der Waals surface area (Å²) in [5.41, 5.74) is 2.16. The molecule has 1 aliphatic rings.